The zero-order valence-electron chi connectivity index (χ0n) is 7.99. The Morgan fingerprint density at radius 3 is 3.00 bits per heavy atom. The number of hydrogen-bond acceptors (Lipinski definition) is 2. The third-order valence-corrected chi connectivity index (χ3v) is 3.47. The van der Waals surface area contributed by atoms with Crippen molar-refractivity contribution in [2.24, 2.45) is 0 Å². The van der Waals surface area contributed by atoms with Crippen LogP contribution in [0.2, 0.25) is 0 Å². The van der Waals surface area contributed by atoms with Crippen LogP contribution < -0.4 is 0 Å². The van der Waals surface area contributed by atoms with Crippen LogP contribution in [0.25, 0.3) is 0 Å². The molecule has 2 rings (SSSR count). The molecule has 1 aromatic rings. The van der Waals surface area contributed by atoms with Crippen molar-refractivity contribution in [2.75, 3.05) is 6.54 Å². The molecule has 1 aromatic carbocycles. The van der Waals surface area contributed by atoms with Gasteiger partial charge < -0.3 is 0 Å². The van der Waals surface area contributed by atoms with Crippen LogP contribution in [0.4, 0.5) is 0 Å². The number of hydrogen-bond donors (Lipinski definition) is 0. The molecule has 1 nitrogen and oxygen atoms in total. The van der Waals surface area contributed by atoms with Gasteiger partial charge in [0.2, 0.25) is 0 Å². The molecule has 0 unspecified atom stereocenters. The van der Waals surface area contributed by atoms with E-state index in [1.54, 1.807) is 0 Å². The number of nitrogens with zero attached hydrogens (tertiary/aromatic N) is 1. The number of fused-ring (bicyclic) bond motifs is 1. The molecule has 0 spiro atoms. The monoisotopic (exact) mass is 193 g/mol. The second-order valence-corrected chi connectivity index (χ2v) is 4.55. The summed E-state index contributed by atoms with van der Waals surface area (Å²) >= 11 is 1.91. The van der Waals surface area contributed by atoms with Crippen molar-refractivity contribution in [1.29, 1.82) is 0 Å². The Balaban J connectivity index is 1.97. The highest BCUT2D eigenvalue weighted by molar-refractivity contribution is 7.97. The Morgan fingerprint density at radius 1 is 1.38 bits per heavy atom. The second kappa shape index (κ2) is 4.16. The summed E-state index contributed by atoms with van der Waals surface area (Å²) in [6.45, 7) is 4.59. The van der Waals surface area contributed by atoms with Crippen LogP contribution >= 0.6 is 11.9 Å². The summed E-state index contributed by atoms with van der Waals surface area (Å²) in [6.07, 6.45) is 2.59. The molecule has 0 aliphatic carbocycles. The minimum Gasteiger partial charge on any atom is -0.242 e. The standard InChI is InChI=1S/C11H15NS/c1-2-3-8-12-9-10-6-4-5-7-11(10)13-12/h4-7H,2-3,8-9H2,1H3. The molecule has 0 amide bonds. The first-order valence-corrected chi connectivity index (χ1v) is 5.68. The molecule has 0 bridgehead atoms. The highest BCUT2D eigenvalue weighted by Gasteiger charge is 2.17. The number of rotatable bonds is 3. The molecule has 0 N–H and O–H groups in total. The van der Waals surface area contributed by atoms with E-state index in [2.05, 4.69) is 35.5 Å². The van der Waals surface area contributed by atoms with E-state index in [1.165, 1.54) is 29.8 Å². The quantitative estimate of drug-likeness (QED) is 0.678. The first-order valence-electron chi connectivity index (χ1n) is 4.91. The fraction of sp³-hybridized carbons (Fsp3) is 0.455. The van der Waals surface area contributed by atoms with Crippen molar-refractivity contribution in [3.8, 4) is 0 Å². The zero-order chi connectivity index (χ0) is 9.10. The lowest BCUT2D eigenvalue weighted by atomic mass is 10.2. The van der Waals surface area contributed by atoms with Gasteiger partial charge >= 0.3 is 0 Å². The smallest absolute Gasteiger partial charge is 0.0355 e. The van der Waals surface area contributed by atoms with Crippen LogP contribution in [0.3, 0.4) is 0 Å². The van der Waals surface area contributed by atoms with Crippen LogP contribution in [-0.2, 0) is 6.54 Å². The Bertz CT molecular complexity index is 260. The molecular formula is C11H15NS. The van der Waals surface area contributed by atoms with Gasteiger partial charge in [0.1, 0.15) is 0 Å². The van der Waals surface area contributed by atoms with Crippen molar-refractivity contribution in [2.45, 2.75) is 31.2 Å². The van der Waals surface area contributed by atoms with E-state index in [0.717, 1.165) is 6.54 Å². The molecule has 2 heteroatoms. The van der Waals surface area contributed by atoms with Crippen molar-refractivity contribution in [3.05, 3.63) is 29.8 Å². The van der Waals surface area contributed by atoms with Gasteiger partial charge in [-0.1, -0.05) is 31.5 Å². The van der Waals surface area contributed by atoms with Gasteiger partial charge in [-0.2, -0.15) is 0 Å². The fourth-order valence-electron chi connectivity index (χ4n) is 1.54. The van der Waals surface area contributed by atoms with Crippen LogP contribution in [-0.4, -0.2) is 10.8 Å². The highest BCUT2D eigenvalue weighted by atomic mass is 32.2. The molecule has 0 atom stereocenters. The Kier molecular flexibility index (Phi) is 2.91. The summed E-state index contributed by atoms with van der Waals surface area (Å²) in [4.78, 5) is 1.44. The lowest BCUT2D eigenvalue weighted by molar-refractivity contribution is 0.463. The van der Waals surface area contributed by atoms with Gasteiger partial charge in [0, 0.05) is 18.0 Å². The molecule has 1 aliphatic heterocycles. The van der Waals surface area contributed by atoms with Crippen LogP contribution in [0.1, 0.15) is 25.3 Å². The Labute approximate surface area is 84.3 Å². The maximum Gasteiger partial charge on any atom is 0.0355 e. The minimum atomic E-state index is 1.13. The van der Waals surface area contributed by atoms with E-state index in [9.17, 15) is 0 Å². The summed E-state index contributed by atoms with van der Waals surface area (Å²) in [6, 6.07) is 8.69. The average molecular weight is 193 g/mol. The first-order chi connectivity index (χ1) is 6.40. The molecule has 1 aliphatic rings. The number of unbranched alkanes of at least 4 members (excludes halogenated alkanes) is 1. The molecule has 0 saturated heterocycles. The van der Waals surface area contributed by atoms with Gasteiger partial charge in [-0.3, -0.25) is 0 Å². The van der Waals surface area contributed by atoms with E-state index >= 15 is 0 Å². The van der Waals surface area contributed by atoms with Crippen LogP contribution in [0.5, 0.6) is 0 Å². The fourth-order valence-corrected chi connectivity index (χ4v) is 2.64. The van der Waals surface area contributed by atoms with E-state index in [-0.39, 0.29) is 0 Å². The lowest BCUT2D eigenvalue weighted by Gasteiger charge is -2.11. The van der Waals surface area contributed by atoms with Gasteiger partial charge in [-0.25, -0.2) is 4.31 Å². The largest absolute Gasteiger partial charge is 0.242 e. The SMILES string of the molecule is CCCCN1Cc2ccccc2S1. The highest BCUT2D eigenvalue weighted by Crippen LogP contribution is 2.35. The van der Waals surface area contributed by atoms with Crippen molar-refractivity contribution in [3.63, 3.8) is 0 Å². The van der Waals surface area contributed by atoms with Gasteiger partial charge in [0.05, 0.1) is 0 Å². The third kappa shape index (κ3) is 2.06. The van der Waals surface area contributed by atoms with Gasteiger partial charge in [-0.05, 0) is 30.0 Å². The van der Waals surface area contributed by atoms with Gasteiger partial charge in [-0.15, -0.1) is 0 Å². The summed E-state index contributed by atoms with van der Waals surface area (Å²) in [7, 11) is 0. The predicted molar refractivity (Wildman–Crippen MR) is 57.6 cm³/mol. The number of benzene rings is 1. The minimum absolute atomic E-state index is 1.13. The maximum atomic E-state index is 2.45. The maximum absolute atomic E-state index is 2.45. The first kappa shape index (κ1) is 9.10. The Hall–Kier alpha value is -0.470. The molecule has 70 valence electrons. The van der Waals surface area contributed by atoms with Crippen LogP contribution in [0, 0.1) is 0 Å². The van der Waals surface area contributed by atoms with Gasteiger partial charge in [0.25, 0.3) is 0 Å². The predicted octanol–water partition coefficient (Wildman–Crippen LogP) is 3.31. The molecule has 0 saturated carbocycles. The second-order valence-electron chi connectivity index (χ2n) is 3.42. The van der Waals surface area contributed by atoms with Crippen molar-refractivity contribution in [1.82, 2.24) is 4.31 Å². The zero-order valence-corrected chi connectivity index (χ0v) is 8.81. The molecule has 13 heavy (non-hydrogen) atoms. The molecule has 1 heterocycles. The van der Waals surface area contributed by atoms with E-state index in [4.69, 9.17) is 0 Å². The summed E-state index contributed by atoms with van der Waals surface area (Å²) in [5.41, 5.74) is 1.49. The topological polar surface area (TPSA) is 3.24 Å². The third-order valence-electron chi connectivity index (χ3n) is 2.31. The molecule has 0 fully saturated rings. The van der Waals surface area contributed by atoms with E-state index in [0.29, 0.717) is 0 Å². The molecule has 0 radical (unpaired) electrons. The Morgan fingerprint density at radius 2 is 2.23 bits per heavy atom. The van der Waals surface area contributed by atoms with Crippen LogP contribution in [0.15, 0.2) is 29.2 Å². The lowest BCUT2D eigenvalue weighted by Crippen LogP contribution is -2.10. The summed E-state index contributed by atoms with van der Waals surface area (Å²) in [5.74, 6) is 0. The normalized spacial score (nSPS) is 16.1. The van der Waals surface area contributed by atoms with Crippen molar-refractivity contribution < 1.29 is 0 Å². The van der Waals surface area contributed by atoms with E-state index in [1.807, 2.05) is 11.9 Å². The van der Waals surface area contributed by atoms with Gasteiger partial charge in [0.15, 0.2) is 0 Å². The van der Waals surface area contributed by atoms with Crippen molar-refractivity contribution >= 4 is 11.9 Å². The molecular weight excluding hydrogens is 178 g/mol. The van der Waals surface area contributed by atoms with E-state index < -0.39 is 0 Å². The average Bonchev–Trinajstić information content (AvgIpc) is 2.57. The summed E-state index contributed by atoms with van der Waals surface area (Å²) < 4.78 is 2.45. The molecule has 0 aromatic heterocycles. The summed E-state index contributed by atoms with van der Waals surface area (Å²) in [5, 5.41) is 0.